The minimum Gasteiger partial charge on any atom is -0.492 e. The fourth-order valence-corrected chi connectivity index (χ4v) is 4.18. The number of ether oxygens (including phenoxy) is 1. The molecule has 118 valence electrons. The number of nitrogens with one attached hydrogen (secondary N) is 1. The third-order valence-corrected chi connectivity index (χ3v) is 5.60. The van der Waals surface area contributed by atoms with E-state index in [4.69, 9.17) is 16.3 Å². The van der Waals surface area contributed by atoms with Crippen LogP contribution in [-0.2, 0) is 10.0 Å². The predicted molar refractivity (Wildman–Crippen MR) is 84.6 cm³/mol. The largest absolute Gasteiger partial charge is 0.492 e. The van der Waals surface area contributed by atoms with Gasteiger partial charge in [0.2, 0.25) is 10.0 Å². The lowest BCUT2D eigenvalue weighted by Crippen LogP contribution is -2.33. The van der Waals surface area contributed by atoms with Gasteiger partial charge in [0.25, 0.3) is 0 Å². The van der Waals surface area contributed by atoms with Crippen LogP contribution in [-0.4, -0.2) is 21.1 Å². The second kappa shape index (κ2) is 6.99. The summed E-state index contributed by atoms with van der Waals surface area (Å²) in [6.07, 6.45) is 4.74. The van der Waals surface area contributed by atoms with Crippen molar-refractivity contribution in [1.29, 1.82) is 0 Å². The van der Waals surface area contributed by atoms with Crippen LogP contribution in [0.15, 0.2) is 17.0 Å². The number of sulfonamides is 1. The van der Waals surface area contributed by atoms with Gasteiger partial charge >= 0.3 is 0 Å². The zero-order valence-electron chi connectivity index (χ0n) is 12.5. The molecule has 0 atom stereocenters. The van der Waals surface area contributed by atoms with E-state index in [9.17, 15) is 8.42 Å². The summed E-state index contributed by atoms with van der Waals surface area (Å²) >= 11 is 6.09. The van der Waals surface area contributed by atoms with Gasteiger partial charge in [0.05, 0.1) is 6.61 Å². The van der Waals surface area contributed by atoms with Gasteiger partial charge in [0, 0.05) is 11.1 Å². The van der Waals surface area contributed by atoms with Crippen LogP contribution >= 0.6 is 11.6 Å². The van der Waals surface area contributed by atoms with Gasteiger partial charge in [0.15, 0.2) is 0 Å². The van der Waals surface area contributed by atoms with E-state index in [0.29, 0.717) is 17.4 Å². The second-order valence-corrected chi connectivity index (χ2v) is 7.59. The van der Waals surface area contributed by atoms with Crippen molar-refractivity contribution in [2.45, 2.75) is 56.9 Å². The maximum atomic E-state index is 12.6. The Morgan fingerprint density at radius 3 is 2.62 bits per heavy atom. The molecular weight excluding hydrogens is 310 g/mol. The van der Waals surface area contributed by atoms with Crippen molar-refractivity contribution in [3.05, 3.63) is 22.7 Å². The Morgan fingerprint density at radius 2 is 2.00 bits per heavy atom. The number of hydrogen-bond donors (Lipinski definition) is 1. The molecule has 0 amide bonds. The highest BCUT2D eigenvalue weighted by atomic mass is 35.5. The Kier molecular flexibility index (Phi) is 5.52. The first kappa shape index (κ1) is 16.6. The third kappa shape index (κ3) is 4.11. The Morgan fingerprint density at radius 1 is 1.33 bits per heavy atom. The minimum absolute atomic E-state index is 0.0223. The molecule has 2 rings (SSSR count). The molecule has 1 N–H and O–H groups in total. The van der Waals surface area contributed by atoms with Crippen LogP contribution in [0.1, 0.15) is 44.6 Å². The van der Waals surface area contributed by atoms with Gasteiger partial charge in [0.1, 0.15) is 10.6 Å². The highest BCUT2D eigenvalue weighted by molar-refractivity contribution is 7.89. The van der Waals surface area contributed by atoms with Crippen molar-refractivity contribution in [1.82, 2.24) is 4.72 Å². The predicted octanol–water partition coefficient (Wildman–Crippen LogP) is 3.66. The van der Waals surface area contributed by atoms with Gasteiger partial charge < -0.3 is 4.74 Å². The summed E-state index contributed by atoms with van der Waals surface area (Å²) < 4.78 is 33.5. The van der Waals surface area contributed by atoms with Crippen molar-refractivity contribution in [3.63, 3.8) is 0 Å². The molecule has 0 unspecified atom stereocenters. The van der Waals surface area contributed by atoms with Gasteiger partial charge in [-0.05, 0) is 43.9 Å². The van der Waals surface area contributed by atoms with Gasteiger partial charge in [-0.2, -0.15) is 0 Å². The van der Waals surface area contributed by atoms with Crippen LogP contribution in [0.3, 0.4) is 0 Å². The zero-order valence-corrected chi connectivity index (χ0v) is 14.1. The van der Waals surface area contributed by atoms with Crippen LogP contribution in [0, 0.1) is 6.92 Å². The van der Waals surface area contributed by atoms with Crippen LogP contribution in [0.2, 0.25) is 5.02 Å². The summed E-state index contributed by atoms with van der Waals surface area (Å²) in [6.45, 7) is 4.29. The molecule has 6 heteroatoms. The maximum absolute atomic E-state index is 12.6. The normalized spacial score (nSPS) is 16.3. The van der Waals surface area contributed by atoms with Crippen molar-refractivity contribution in [2.24, 2.45) is 0 Å². The number of rotatable bonds is 6. The molecule has 0 spiro atoms. The molecule has 0 saturated heterocycles. The van der Waals surface area contributed by atoms with Crippen LogP contribution in [0.4, 0.5) is 0 Å². The zero-order chi connectivity index (χ0) is 15.5. The maximum Gasteiger partial charge on any atom is 0.244 e. The third-order valence-electron chi connectivity index (χ3n) is 3.65. The molecule has 0 radical (unpaired) electrons. The lowest BCUT2D eigenvalue weighted by atomic mass is 10.2. The van der Waals surface area contributed by atoms with Crippen molar-refractivity contribution in [3.8, 4) is 5.75 Å². The van der Waals surface area contributed by atoms with Crippen molar-refractivity contribution in [2.75, 3.05) is 6.61 Å². The smallest absolute Gasteiger partial charge is 0.244 e. The summed E-state index contributed by atoms with van der Waals surface area (Å²) in [5.74, 6) is 0.379. The SMILES string of the molecule is CCCOc1cc(C)c(Cl)cc1S(=O)(=O)NC1CCCC1. The molecule has 1 fully saturated rings. The number of benzene rings is 1. The first-order valence-electron chi connectivity index (χ1n) is 7.39. The summed E-state index contributed by atoms with van der Waals surface area (Å²) in [5, 5.41) is 0.436. The first-order valence-corrected chi connectivity index (χ1v) is 9.25. The van der Waals surface area contributed by atoms with E-state index in [1.807, 2.05) is 13.8 Å². The topological polar surface area (TPSA) is 55.4 Å². The number of halogens is 1. The molecule has 4 nitrogen and oxygen atoms in total. The molecule has 1 aliphatic rings. The van der Waals surface area contributed by atoms with Gasteiger partial charge in [-0.25, -0.2) is 13.1 Å². The van der Waals surface area contributed by atoms with Gasteiger partial charge in [-0.1, -0.05) is 31.4 Å². The van der Waals surface area contributed by atoms with Crippen LogP contribution < -0.4 is 9.46 Å². The van der Waals surface area contributed by atoms with Crippen LogP contribution in [0.25, 0.3) is 0 Å². The highest BCUT2D eigenvalue weighted by Crippen LogP contribution is 2.31. The minimum atomic E-state index is -3.60. The Hall–Kier alpha value is -0.780. The van der Waals surface area contributed by atoms with E-state index in [0.717, 1.165) is 37.7 Å². The molecule has 0 aliphatic heterocycles. The van der Waals surface area contributed by atoms with Gasteiger partial charge in [-0.3, -0.25) is 0 Å². The van der Waals surface area contributed by atoms with E-state index in [1.54, 1.807) is 6.07 Å². The Balaban J connectivity index is 2.32. The van der Waals surface area contributed by atoms with E-state index < -0.39 is 10.0 Å². The Labute approximate surface area is 131 Å². The second-order valence-electron chi connectivity index (χ2n) is 5.50. The molecular formula is C15H22ClNO3S. The average Bonchev–Trinajstić information content (AvgIpc) is 2.91. The lowest BCUT2D eigenvalue weighted by molar-refractivity contribution is 0.309. The average molecular weight is 332 g/mol. The summed E-state index contributed by atoms with van der Waals surface area (Å²) in [4.78, 5) is 0.137. The van der Waals surface area contributed by atoms with E-state index in [1.165, 1.54) is 6.07 Å². The van der Waals surface area contributed by atoms with E-state index >= 15 is 0 Å². The molecule has 0 aromatic heterocycles. The lowest BCUT2D eigenvalue weighted by Gasteiger charge is -2.17. The van der Waals surface area contributed by atoms with Gasteiger partial charge in [-0.15, -0.1) is 0 Å². The van der Waals surface area contributed by atoms with E-state index in [-0.39, 0.29) is 10.9 Å². The van der Waals surface area contributed by atoms with Crippen molar-refractivity contribution >= 4 is 21.6 Å². The highest BCUT2D eigenvalue weighted by Gasteiger charge is 2.26. The molecule has 0 bridgehead atoms. The monoisotopic (exact) mass is 331 g/mol. The molecule has 1 saturated carbocycles. The van der Waals surface area contributed by atoms with E-state index in [2.05, 4.69) is 4.72 Å². The number of aryl methyl sites for hydroxylation is 1. The standard InChI is InChI=1S/C15H22ClNO3S/c1-3-8-20-14-9-11(2)13(16)10-15(14)21(18,19)17-12-6-4-5-7-12/h9-10,12,17H,3-8H2,1-2H3. The first-order chi connectivity index (χ1) is 9.94. The van der Waals surface area contributed by atoms with Crippen LogP contribution in [0.5, 0.6) is 5.75 Å². The Bertz CT molecular complexity index is 595. The molecule has 21 heavy (non-hydrogen) atoms. The quantitative estimate of drug-likeness (QED) is 0.865. The summed E-state index contributed by atoms with van der Waals surface area (Å²) in [6, 6.07) is 3.20. The molecule has 1 aromatic rings. The fourth-order valence-electron chi connectivity index (χ4n) is 2.50. The molecule has 1 aromatic carbocycles. The number of hydrogen-bond acceptors (Lipinski definition) is 3. The summed E-state index contributed by atoms with van der Waals surface area (Å²) in [7, 11) is -3.60. The summed E-state index contributed by atoms with van der Waals surface area (Å²) in [5.41, 5.74) is 0.808. The molecule has 0 heterocycles. The van der Waals surface area contributed by atoms with Crippen molar-refractivity contribution < 1.29 is 13.2 Å². The molecule has 1 aliphatic carbocycles. The fraction of sp³-hybridized carbons (Fsp3) is 0.600.